The molecular formula is C24H29N3O5S. The molecule has 8 nitrogen and oxygen atoms in total. The number of hydrogen-bond acceptors (Lipinski definition) is 6. The molecular weight excluding hydrogens is 442 g/mol. The van der Waals surface area contributed by atoms with Crippen molar-refractivity contribution in [3.8, 4) is 17.2 Å². The van der Waals surface area contributed by atoms with Crippen LogP contribution in [0, 0.1) is 13.8 Å². The van der Waals surface area contributed by atoms with E-state index in [0.29, 0.717) is 19.5 Å². The Balaban J connectivity index is 1.24. The first kappa shape index (κ1) is 22.0. The fourth-order valence-corrected chi connectivity index (χ4v) is 6.78. The Kier molecular flexibility index (Phi) is 5.70. The number of aromatic nitrogens is 1. The van der Waals surface area contributed by atoms with E-state index in [4.69, 9.17) is 9.47 Å². The molecule has 0 saturated carbocycles. The van der Waals surface area contributed by atoms with Crippen molar-refractivity contribution < 1.29 is 22.7 Å². The minimum Gasteiger partial charge on any atom is -0.454 e. The Morgan fingerprint density at radius 3 is 2.55 bits per heavy atom. The van der Waals surface area contributed by atoms with Crippen LogP contribution in [0.2, 0.25) is 0 Å². The van der Waals surface area contributed by atoms with Gasteiger partial charge < -0.3 is 18.9 Å². The first-order valence-electron chi connectivity index (χ1n) is 11.3. The number of carbonyl (C=O) groups is 1. The molecule has 3 aliphatic rings. The number of ether oxygens (including phenoxy) is 2. The maximum absolute atomic E-state index is 12.8. The number of rotatable bonds is 4. The highest BCUT2D eigenvalue weighted by Gasteiger charge is 2.34. The van der Waals surface area contributed by atoms with Gasteiger partial charge in [0.25, 0.3) is 0 Å². The minimum atomic E-state index is -2.89. The number of sulfone groups is 1. The average molecular weight is 472 g/mol. The lowest BCUT2D eigenvalue weighted by Crippen LogP contribution is -2.52. The number of aryl methyl sites for hydroxylation is 1. The van der Waals surface area contributed by atoms with Gasteiger partial charge in [-0.2, -0.15) is 0 Å². The summed E-state index contributed by atoms with van der Waals surface area (Å²) in [7, 11) is -2.89. The van der Waals surface area contributed by atoms with Crippen molar-refractivity contribution >= 4 is 21.8 Å². The van der Waals surface area contributed by atoms with Crippen molar-refractivity contribution in [2.45, 2.75) is 26.3 Å². The number of amides is 1. The fourth-order valence-electron chi connectivity index (χ4n) is 5.02. The molecule has 0 N–H and O–H groups in total. The summed E-state index contributed by atoms with van der Waals surface area (Å²) in [6.07, 6.45) is 4.22. The van der Waals surface area contributed by atoms with Crippen LogP contribution in [0.1, 0.15) is 23.4 Å². The van der Waals surface area contributed by atoms with Gasteiger partial charge in [0, 0.05) is 61.4 Å². The van der Waals surface area contributed by atoms with Gasteiger partial charge in [-0.3, -0.25) is 9.69 Å². The summed E-state index contributed by atoms with van der Waals surface area (Å²) in [6.45, 7) is 7.00. The van der Waals surface area contributed by atoms with Gasteiger partial charge in [0.1, 0.15) is 0 Å². The Hall–Kier alpha value is -2.78. The van der Waals surface area contributed by atoms with Crippen LogP contribution in [0.15, 0.2) is 30.3 Å². The van der Waals surface area contributed by atoms with Crippen LogP contribution in [0.4, 0.5) is 0 Å². The summed E-state index contributed by atoms with van der Waals surface area (Å²) >= 11 is 0. The van der Waals surface area contributed by atoms with Crippen molar-refractivity contribution in [2.24, 2.45) is 0 Å². The van der Waals surface area contributed by atoms with Crippen LogP contribution in [0.25, 0.3) is 11.8 Å². The van der Waals surface area contributed by atoms with Gasteiger partial charge in [-0.25, -0.2) is 8.42 Å². The zero-order valence-corrected chi connectivity index (χ0v) is 19.8. The maximum atomic E-state index is 12.8. The highest BCUT2D eigenvalue weighted by atomic mass is 32.2. The minimum absolute atomic E-state index is 0.0124. The Labute approximate surface area is 194 Å². The molecule has 9 heteroatoms. The summed E-state index contributed by atoms with van der Waals surface area (Å²) in [5.74, 6) is 2.01. The standard InChI is InChI=1S/C24H29N3O5S/c1-17-13-19(18(2)27(17)20-4-5-22-23(14-20)32-16-31-22)3-6-24(28)26-10-8-25(9-11-26)21-7-12-33(29,30)15-21/h3-6,13-14,21H,7-12,15-16H2,1-2H3. The first-order chi connectivity index (χ1) is 15.8. The predicted octanol–water partition coefficient (Wildman–Crippen LogP) is 2.17. The van der Waals surface area contributed by atoms with Crippen LogP contribution < -0.4 is 9.47 Å². The SMILES string of the molecule is Cc1cc(C=CC(=O)N2CCN(C3CCS(=O)(=O)C3)CC2)c(C)n1-c1ccc2c(c1)OCO2. The Morgan fingerprint density at radius 2 is 1.82 bits per heavy atom. The number of fused-ring (bicyclic) bond motifs is 1. The Morgan fingerprint density at radius 1 is 1.06 bits per heavy atom. The van der Waals surface area contributed by atoms with E-state index in [1.807, 2.05) is 43.0 Å². The molecule has 3 aliphatic heterocycles. The number of hydrogen-bond donors (Lipinski definition) is 0. The first-order valence-corrected chi connectivity index (χ1v) is 13.1. The highest BCUT2D eigenvalue weighted by molar-refractivity contribution is 7.91. The molecule has 176 valence electrons. The van der Waals surface area contributed by atoms with Gasteiger partial charge in [-0.1, -0.05) is 0 Å². The zero-order chi connectivity index (χ0) is 23.2. The number of benzene rings is 1. The molecule has 2 aromatic rings. The molecule has 5 rings (SSSR count). The fraction of sp³-hybridized carbons (Fsp3) is 0.458. The van der Waals surface area contributed by atoms with Gasteiger partial charge in [0.05, 0.1) is 11.5 Å². The molecule has 2 saturated heterocycles. The van der Waals surface area contributed by atoms with E-state index in [9.17, 15) is 13.2 Å². The number of nitrogens with zero attached hydrogens (tertiary/aromatic N) is 3. The smallest absolute Gasteiger partial charge is 0.246 e. The van der Waals surface area contributed by atoms with Gasteiger partial charge in [-0.05, 0) is 50.1 Å². The monoisotopic (exact) mass is 471 g/mol. The van der Waals surface area contributed by atoms with Crippen LogP contribution in [-0.2, 0) is 14.6 Å². The summed E-state index contributed by atoms with van der Waals surface area (Å²) < 4.78 is 36.6. The van der Waals surface area contributed by atoms with E-state index in [2.05, 4.69) is 15.5 Å². The molecule has 1 aromatic carbocycles. The quantitative estimate of drug-likeness (QED) is 0.636. The topological polar surface area (TPSA) is 81.1 Å². The van der Waals surface area contributed by atoms with Gasteiger partial charge >= 0.3 is 0 Å². The third kappa shape index (κ3) is 4.39. The summed E-state index contributed by atoms with van der Waals surface area (Å²) in [5, 5.41) is 0. The molecule has 0 spiro atoms. The molecule has 0 bridgehead atoms. The third-order valence-electron chi connectivity index (χ3n) is 6.84. The zero-order valence-electron chi connectivity index (χ0n) is 19.0. The van der Waals surface area contributed by atoms with E-state index < -0.39 is 9.84 Å². The lowest BCUT2D eigenvalue weighted by Gasteiger charge is -2.37. The summed E-state index contributed by atoms with van der Waals surface area (Å²) in [4.78, 5) is 16.9. The van der Waals surface area contributed by atoms with E-state index in [-0.39, 0.29) is 30.2 Å². The maximum Gasteiger partial charge on any atom is 0.246 e. The number of piperazine rings is 1. The molecule has 0 radical (unpaired) electrons. The summed E-state index contributed by atoms with van der Waals surface area (Å²) in [5.41, 5.74) is 4.10. The number of carbonyl (C=O) groups excluding carboxylic acids is 1. The second kappa shape index (κ2) is 8.53. The van der Waals surface area contributed by atoms with Crippen LogP contribution in [0.5, 0.6) is 11.5 Å². The molecule has 1 atom stereocenters. The Bertz CT molecular complexity index is 1210. The molecule has 0 aliphatic carbocycles. The predicted molar refractivity (Wildman–Crippen MR) is 126 cm³/mol. The van der Waals surface area contributed by atoms with Crippen molar-refractivity contribution in [2.75, 3.05) is 44.5 Å². The lowest BCUT2D eigenvalue weighted by molar-refractivity contribution is -0.127. The highest BCUT2D eigenvalue weighted by Crippen LogP contribution is 2.35. The van der Waals surface area contributed by atoms with E-state index in [1.54, 1.807) is 6.08 Å². The average Bonchev–Trinajstić information content (AvgIpc) is 3.48. The van der Waals surface area contributed by atoms with Crippen molar-refractivity contribution in [3.63, 3.8) is 0 Å². The molecule has 1 aromatic heterocycles. The van der Waals surface area contributed by atoms with Crippen molar-refractivity contribution in [3.05, 3.63) is 47.3 Å². The van der Waals surface area contributed by atoms with Crippen LogP contribution >= 0.6 is 0 Å². The third-order valence-corrected chi connectivity index (χ3v) is 8.59. The van der Waals surface area contributed by atoms with Gasteiger partial charge in [0.15, 0.2) is 21.3 Å². The molecule has 1 amide bonds. The second-order valence-corrected chi connectivity index (χ2v) is 11.2. The van der Waals surface area contributed by atoms with Crippen molar-refractivity contribution in [1.82, 2.24) is 14.4 Å². The molecule has 33 heavy (non-hydrogen) atoms. The molecule has 4 heterocycles. The van der Waals surface area contributed by atoms with Gasteiger partial charge in [-0.15, -0.1) is 0 Å². The van der Waals surface area contributed by atoms with E-state index in [1.165, 1.54) is 0 Å². The second-order valence-electron chi connectivity index (χ2n) is 8.95. The normalized spacial score (nSPS) is 22.4. The van der Waals surface area contributed by atoms with Crippen LogP contribution in [0.3, 0.4) is 0 Å². The van der Waals surface area contributed by atoms with E-state index in [0.717, 1.165) is 47.2 Å². The van der Waals surface area contributed by atoms with Crippen LogP contribution in [-0.4, -0.2) is 79.2 Å². The molecule has 1 unspecified atom stereocenters. The molecule has 2 fully saturated rings. The van der Waals surface area contributed by atoms with E-state index >= 15 is 0 Å². The largest absolute Gasteiger partial charge is 0.454 e. The van der Waals surface area contributed by atoms with Crippen molar-refractivity contribution in [1.29, 1.82) is 0 Å². The lowest BCUT2D eigenvalue weighted by atomic mass is 10.2. The van der Waals surface area contributed by atoms with Gasteiger partial charge in [0.2, 0.25) is 12.7 Å². The summed E-state index contributed by atoms with van der Waals surface area (Å²) in [6, 6.07) is 8.06.